The summed E-state index contributed by atoms with van der Waals surface area (Å²) in [6.45, 7) is 0.176. The Morgan fingerprint density at radius 2 is 2.00 bits per heavy atom. The average Bonchev–Trinajstić information content (AvgIpc) is 3.38. The summed E-state index contributed by atoms with van der Waals surface area (Å²) in [4.78, 5) is 0. The molecule has 0 aliphatic carbocycles. The van der Waals surface area contributed by atoms with Crippen molar-refractivity contribution in [3.63, 3.8) is 0 Å². The molecular weight excluding hydrogens is 367 g/mol. The van der Waals surface area contributed by atoms with Gasteiger partial charge in [-0.1, -0.05) is 11.3 Å². The third-order valence-electron chi connectivity index (χ3n) is 3.62. The number of benzene rings is 1. The van der Waals surface area contributed by atoms with E-state index in [0.29, 0.717) is 11.3 Å². The number of halogens is 3. The number of aromatic nitrogens is 5. The van der Waals surface area contributed by atoms with E-state index in [1.54, 1.807) is 17.5 Å². The normalized spacial score (nSPS) is 11.4. The van der Waals surface area contributed by atoms with E-state index in [9.17, 15) is 13.2 Å². The third-order valence-corrected chi connectivity index (χ3v) is 4.30. The van der Waals surface area contributed by atoms with Gasteiger partial charge in [0.2, 0.25) is 5.89 Å². The highest BCUT2D eigenvalue weighted by atomic mass is 32.1. The lowest BCUT2D eigenvalue weighted by Crippen LogP contribution is -2.03. The third kappa shape index (κ3) is 3.23. The zero-order valence-corrected chi connectivity index (χ0v) is 13.8. The maximum absolute atomic E-state index is 14.4. The smallest absolute Gasteiger partial charge is 0.314 e. The molecule has 10 heteroatoms. The van der Waals surface area contributed by atoms with Crippen LogP contribution in [-0.4, -0.2) is 25.2 Å². The number of hydrogen-bond donors (Lipinski definition) is 0. The van der Waals surface area contributed by atoms with Crippen molar-refractivity contribution in [1.29, 1.82) is 0 Å². The lowest BCUT2D eigenvalue weighted by atomic mass is 10.1. The molecule has 4 rings (SSSR count). The summed E-state index contributed by atoms with van der Waals surface area (Å²) in [5, 5.41) is 18.7. The topological polar surface area (TPSA) is 69.6 Å². The quantitative estimate of drug-likeness (QED) is 0.522. The second kappa shape index (κ2) is 6.71. The summed E-state index contributed by atoms with van der Waals surface area (Å²) in [5.41, 5.74) is 2.24. The van der Waals surface area contributed by atoms with Gasteiger partial charge in [-0.3, -0.25) is 0 Å². The molecule has 0 unspecified atom stereocenters. The fourth-order valence-electron chi connectivity index (χ4n) is 2.34. The van der Waals surface area contributed by atoms with Gasteiger partial charge >= 0.3 is 6.43 Å². The minimum atomic E-state index is -2.87. The zero-order chi connectivity index (χ0) is 18.1. The fraction of sp³-hybridized carbons (Fsp3) is 0.125. The van der Waals surface area contributed by atoms with E-state index in [2.05, 4.69) is 20.5 Å². The number of alkyl halides is 2. The van der Waals surface area contributed by atoms with Gasteiger partial charge in [-0.05, 0) is 23.6 Å². The monoisotopic (exact) mass is 377 g/mol. The van der Waals surface area contributed by atoms with Crippen LogP contribution in [0.25, 0.3) is 22.7 Å². The lowest BCUT2D eigenvalue weighted by Gasteiger charge is -2.04. The SMILES string of the molecule is Fc1cc(-c2nnc(C(F)F)o2)ccc1Cn1cc(-c2ccsc2)nn1. The summed E-state index contributed by atoms with van der Waals surface area (Å²) in [6.07, 6.45) is -1.15. The van der Waals surface area contributed by atoms with Gasteiger partial charge in [-0.2, -0.15) is 20.1 Å². The molecular formula is C16H10F3N5OS. The first-order chi connectivity index (χ1) is 12.6. The average molecular weight is 377 g/mol. The second-order valence-corrected chi connectivity index (χ2v) is 6.15. The summed E-state index contributed by atoms with van der Waals surface area (Å²) in [6, 6.07) is 6.13. The molecule has 1 aromatic carbocycles. The molecule has 0 saturated carbocycles. The molecule has 0 radical (unpaired) electrons. The van der Waals surface area contributed by atoms with Crippen molar-refractivity contribution in [3.05, 3.63) is 58.5 Å². The summed E-state index contributed by atoms with van der Waals surface area (Å²) < 4.78 is 45.7. The van der Waals surface area contributed by atoms with Crippen LogP contribution in [0.4, 0.5) is 13.2 Å². The van der Waals surface area contributed by atoms with Crippen LogP contribution in [0.2, 0.25) is 0 Å². The van der Waals surface area contributed by atoms with Crippen LogP contribution in [0, 0.1) is 5.82 Å². The van der Waals surface area contributed by atoms with Crippen LogP contribution in [0.5, 0.6) is 0 Å². The van der Waals surface area contributed by atoms with Crippen LogP contribution in [0.3, 0.4) is 0 Å². The van der Waals surface area contributed by atoms with Crippen LogP contribution < -0.4 is 0 Å². The Morgan fingerprint density at radius 3 is 2.69 bits per heavy atom. The van der Waals surface area contributed by atoms with Crippen molar-refractivity contribution in [2.24, 2.45) is 0 Å². The van der Waals surface area contributed by atoms with Crippen molar-refractivity contribution >= 4 is 11.3 Å². The van der Waals surface area contributed by atoms with Crippen molar-refractivity contribution in [1.82, 2.24) is 25.2 Å². The molecule has 0 bridgehead atoms. The highest BCUT2D eigenvalue weighted by Crippen LogP contribution is 2.25. The Hall–Kier alpha value is -3.01. The molecule has 0 spiro atoms. The number of hydrogen-bond acceptors (Lipinski definition) is 6. The van der Waals surface area contributed by atoms with Gasteiger partial charge in [0, 0.05) is 22.1 Å². The molecule has 0 atom stereocenters. The Kier molecular flexibility index (Phi) is 4.25. The fourth-order valence-corrected chi connectivity index (χ4v) is 2.99. The van der Waals surface area contributed by atoms with Gasteiger partial charge in [0.25, 0.3) is 5.89 Å². The highest BCUT2D eigenvalue weighted by Gasteiger charge is 2.18. The minimum Gasteiger partial charge on any atom is -0.415 e. The van der Waals surface area contributed by atoms with Crippen LogP contribution in [-0.2, 0) is 6.54 Å². The van der Waals surface area contributed by atoms with Gasteiger partial charge in [-0.25, -0.2) is 9.07 Å². The predicted octanol–water partition coefficient (Wildman–Crippen LogP) is 4.18. The first-order valence-corrected chi connectivity index (χ1v) is 8.37. The van der Waals surface area contributed by atoms with E-state index in [4.69, 9.17) is 4.42 Å². The molecule has 0 aliphatic heterocycles. The Balaban J connectivity index is 1.54. The molecule has 3 heterocycles. The second-order valence-electron chi connectivity index (χ2n) is 5.37. The van der Waals surface area contributed by atoms with Gasteiger partial charge in [-0.15, -0.1) is 15.3 Å². The van der Waals surface area contributed by atoms with Gasteiger partial charge in [0.1, 0.15) is 11.5 Å². The molecule has 0 amide bonds. The van der Waals surface area contributed by atoms with E-state index in [1.165, 1.54) is 16.8 Å². The van der Waals surface area contributed by atoms with Crippen LogP contribution in [0.15, 0.2) is 45.6 Å². The molecule has 0 N–H and O–H groups in total. The van der Waals surface area contributed by atoms with Crippen LogP contribution in [0.1, 0.15) is 17.9 Å². The van der Waals surface area contributed by atoms with Crippen molar-refractivity contribution in [3.8, 4) is 22.7 Å². The van der Waals surface area contributed by atoms with Gasteiger partial charge in [0.15, 0.2) is 0 Å². The highest BCUT2D eigenvalue weighted by molar-refractivity contribution is 7.08. The van der Waals surface area contributed by atoms with Gasteiger partial charge in [0.05, 0.1) is 12.7 Å². The van der Waals surface area contributed by atoms with Gasteiger partial charge < -0.3 is 4.42 Å². The Labute approximate surface area is 148 Å². The molecule has 26 heavy (non-hydrogen) atoms. The molecule has 0 fully saturated rings. The predicted molar refractivity (Wildman–Crippen MR) is 87.1 cm³/mol. The molecule has 6 nitrogen and oxygen atoms in total. The summed E-state index contributed by atoms with van der Waals surface area (Å²) in [7, 11) is 0. The maximum atomic E-state index is 14.4. The number of nitrogens with zero attached hydrogens (tertiary/aromatic N) is 5. The molecule has 132 valence electrons. The Morgan fingerprint density at radius 1 is 1.12 bits per heavy atom. The summed E-state index contributed by atoms with van der Waals surface area (Å²) in [5.74, 6) is -1.49. The number of rotatable bonds is 5. The van der Waals surface area contributed by atoms with E-state index in [0.717, 1.165) is 11.6 Å². The first kappa shape index (κ1) is 16.5. The van der Waals surface area contributed by atoms with Crippen molar-refractivity contribution < 1.29 is 17.6 Å². The maximum Gasteiger partial charge on any atom is 0.314 e. The number of thiophene rings is 1. The van der Waals surface area contributed by atoms with Crippen LogP contribution >= 0.6 is 11.3 Å². The van der Waals surface area contributed by atoms with E-state index < -0.39 is 18.1 Å². The van der Waals surface area contributed by atoms with E-state index >= 15 is 0 Å². The van der Waals surface area contributed by atoms with E-state index in [-0.39, 0.29) is 18.0 Å². The minimum absolute atomic E-state index is 0.161. The standard InChI is InChI=1S/C16H10F3N5OS/c17-12-5-9(15-21-22-16(25-15)14(18)19)1-2-10(12)6-24-7-13(20-23-24)11-3-4-26-8-11/h1-5,7-8,14H,6H2. The van der Waals surface area contributed by atoms with E-state index in [1.807, 2.05) is 16.8 Å². The zero-order valence-electron chi connectivity index (χ0n) is 13.0. The Bertz CT molecular complexity index is 1030. The summed E-state index contributed by atoms with van der Waals surface area (Å²) >= 11 is 1.55. The lowest BCUT2D eigenvalue weighted by molar-refractivity contribution is 0.116. The van der Waals surface area contributed by atoms with Crippen molar-refractivity contribution in [2.45, 2.75) is 13.0 Å². The molecule has 4 aromatic rings. The largest absolute Gasteiger partial charge is 0.415 e. The van der Waals surface area contributed by atoms with Crippen molar-refractivity contribution in [2.75, 3.05) is 0 Å². The molecule has 0 aliphatic rings. The molecule has 3 aromatic heterocycles. The molecule has 0 saturated heterocycles. The first-order valence-electron chi connectivity index (χ1n) is 7.43.